The second kappa shape index (κ2) is 9.58. The Labute approximate surface area is 193 Å². The Morgan fingerprint density at radius 3 is 2.73 bits per heavy atom. The van der Waals surface area contributed by atoms with Crippen molar-refractivity contribution in [2.75, 3.05) is 5.32 Å². The minimum Gasteiger partial charge on any atom is -0.485 e. The molecule has 0 saturated heterocycles. The number of halogens is 2. The van der Waals surface area contributed by atoms with E-state index >= 15 is 0 Å². The highest BCUT2D eigenvalue weighted by Gasteiger charge is 2.16. The number of furan rings is 1. The van der Waals surface area contributed by atoms with Crippen LogP contribution in [-0.2, 0) is 6.61 Å². The molecule has 0 spiro atoms. The van der Waals surface area contributed by atoms with E-state index in [1.54, 1.807) is 18.2 Å². The van der Waals surface area contributed by atoms with E-state index in [4.69, 9.17) is 9.15 Å². The number of hydrogen-bond donors (Lipinski definition) is 1. The summed E-state index contributed by atoms with van der Waals surface area (Å²) < 4.78 is 41.4. The molecule has 1 amide bonds. The van der Waals surface area contributed by atoms with Crippen molar-refractivity contribution in [3.8, 4) is 11.5 Å². The Balaban J connectivity index is 1.42. The number of thiazole rings is 1. The van der Waals surface area contributed by atoms with Crippen LogP contribution in [0.15, 0.2) is 52.9 Å². The first-order valence-electron chi connectivity index (χ1n) is 10.3. The van der Waals surface area contributed by atoms with E-state index in [1.165, 1.54) is 12.1 Å². The van der Waals surface area contributed by atoms with Crippen LogP contribution >= 0.6 is 11.3 Å². The smallest absolute Gasteiger partial charge is 0.387 e. The highest BCUT2D eigenvalue weighted by Crippen LogP contribution is 2.31. The van der Waals surface area contributed by atoms with E-state index in [0.717, 1.165) is 28.2 Å². The number of rotatable bonds is 8. The van der Waals surface area contributed by atoms with E-state index in [-0.39, 0.29) is 18.1 Å². The van der Waals surface area contributed by atoms with Crippen LogP contribution in [0.4, 0.5) is 13.9 Å². The number of aryl methyl sites for hydroxylation is 1. The maximum Gasteiger partial charge on any atom is 0.387 e. The molecule has 0 unspecified atom stereocenters. The van der Waals surface area contributed by atoms with Gasteiger partial charge in [0.1, 0.15) is 23.9 Å². The number of carbonyl (C=O) groups excluding carboxylic acids is 1. The SMILES string of the molecule is Cc1ccc(C(C)C)c(OCc2ccc(C(=O)Nc3nc4ccc(OC(F)F)cc4s3)o2)c1. The van der Waals surface area contributed by atoms with E-state index in [1.807, 2.05) is 19.1 Å². The van der Waals surface area contributed by atoms with Crippen molar-refractivity contribution in [1.29, 1.82) is 0 Å². The molecule has 0 aliphatic rings. The lowest BCUT2D eigenvalue weighted by molar-refractivity contribution is -0.0497. The molecule has 2 heterocycles. The van der Waals surface area contributed by atoms with Gasteiger partial charge in [0.15, 0.2) is 10.9 Å². The lowest BCUT2D eigenvalue weighted by Crippen LogP contribution is -2.10. The third kappa shape index (κ3) is 5.48. The van der Waals surface area contributed by atoms with Crippen LogP contribution in [0, 0.1) is 6.92 Å². The van der Waals surface area contributed by atoms with Gasteiger partial charge in [0.2, 0.25) is 0 Å². The van der Waals surface area contributed by atoms with Crippen molar-refractivity contribution in [2.45, 2.75) is 39.9 Å². The van der Waals surface area contributed by atoms with Crippen LogP contribution in [0.2, 0.25) is 0 Å². The Kier molecular flexibility index (Phi) is 6.60. The van der Waals surface area contributed by atoms with E-state index in [0.29, 0.717) is 27.0 Å². The molecule has 4 rings (SSSR count). The van der Waals surface area contributed by atoms with Gasteiger partial charge in [-0.2, -0.15) is 8.78 Å². The largest absolute Gasteiger partial charge is 0.485 e. The molecular formula is C24H22F2N2O4S. The fourth-order valence-electron chi connectivity index (χ4n) is 3.26. The van der Waals surface area contributed by atoms with Crippen molar-refractivity contribution < 1.29 is 27.5 Å². The zero-order chi connectivity index (χ0) is 23.5. The van der Waals surface area contributed by atoms with Gasteiger partial charge in [0, 0.05) is 0 Å². The molecule has 4 aromatic rings. The van der Waals surface area contributed by atoms with Crippen molar-refractivity contribution in [2.24, 2.45) is 0 Å². The predicted molar refractivity (Wildman–Crippen MR) is 123 cm³/mol. The summed E-state index contributed by atoms with van der Waals surface area (Å²) in [5.74, 6) is 1.28. The molecule has 2 aromatic carbocycles. The van der Waals surface area contributed by atoms with Crippen LogP contribution in [0.25, 0.3) is 10.2 Å². The molecule has 0 fully saturated rings. The molecule has 172 valence electrons. The van der Waals surface area contributed by atoms with Gasteiger partial charge >= 0.3 is 6.61 Å². The third-order valence-electron chi connectivity index (χ3n) is 4.85. The molecular weight excluding hydrogens is 450 g/mol. The quantitative estimate of drug-likeness (QED) is 0.307. The van der Waals surface area contributed by atoms with Crippen LogP contribution in [0.5, 0.6) is 11.5 Å². The number of nitrogens with zero attached hydrogens (tertiary/aromatic N) is 1. The first-order chi connectivity index (χ1) is 15.8. The van der Waals surface area contributed by atoms with Gasteiger partial charge in [-0.25, -0.2) is 4.98 Å². The van der Waals surface area contributed by atoms with Gasteiger partial charge in [0.05, 0.1) is 10.2 Å². The fraction of sp³-hybridized carbons (Fsp3) is 0.250. The van der Waals surface area contributed by atoms with Crippen molar-refractivity contribution >= 4 is 32.6 Å². The Bertz CT molecular complexity index is 1280. The highest BCUT2D eigenvalue weighted by atomic mass is 32.1. The Morgan fingerprint density at radius 2 is 1.97 bits per heavy atom. The summed E-state index contributed by atoms with van der Waals surface area (Å²) >= 11 is 1.15. The number of fused-ring (bicyclic) bond motifs is 1. The summed E-state index contributed by atoms with van der Waals surface area (Å²) in [5, 5.41) is 2.99. The lowest BCUT2D eigenvalue weighted by Gasteiger charge is -2.14. The summed E-state index contributed by atoms with van der Waals surface area (Å²) in [6, 6.07) is 13.7. The Morgan fingerprint density at radius 1 is 1.15 bits per heavy atom. The van der Waals surface area contributed by atoms with Gasteiger partial charge in [-0.05, 0) is 60.4 Å². The zero-order valence-electron chi connectivity index (χ0n) is 18.2. The summed E-state index contributed by atoms with van der Waals surface area (Å²) in [6.07, 6.45) is 0. The topological polar surface area (TPSA) is 73.6 Å². The molecule has 1 N–H and O–H groups in total. The average Bonchev–Trinajstić information content (AvgIpc) is 3.38. The molecule has 6 nitrogen and oxygen atoms in total. The molecule has 9 heteroatoms. The number of benzene rings is 2. The van der Waals surface area contributed by atoms with Gasteiger partial charge in [-0.3, -0.25) is 10.1 Å². The van der Waals surface area contributed by atoms with Crippen LogP contribution in [0.1, 0.15) is 47.2 Å². The molecule has 0 aliphatic carbocycles. The second-order valence-corrected chi connectivity index (χ2v) is 8.76. The number of nitrogens with one attached hydrogen (secondary N) is 1. The molecule has 0 atom stereocenters. The minimum absolute atomic E-state index is 0.0314. The van der Waals surface area contributed by atoms with Crippen molar-refractivity contribution in [1.82, 2.24) is 4.98 Å². The van der Waals surface area contributed by atoms with Gasteiger partial charge in [-0.15, -0.1) is 0 Å². The van der Waals surface area contributed by atoms with Crippen molar-refractivity contribution in [3.63, 3.8) is 0 Å². The lowest BCUT2D eigenvalue weighted by atomic mass is 10.0. The van der Waals surface area contributed by atoms with Gasteiger partial charge in [-0.1, -0.05) is 37.3 Å². The first kappa shape index (κ1) is 22.7. The normalized spacial score (nSPS) is 11.4. The monoisotopic (exact) mass is 472 g/mol. The molecule has 33 heavy (non-hydrogen) atoms. The standard InChI is InChI=1S/C24H22F2N2O4S/c1-13(2)17-7-4-14(3)10-20(17)30-12-16-6-9-19(31-16)22(29)28-24-27-18-8-5-15(32-23(25)26)11-21(18)33-24/h4-11,13,23H,12H2,1-3H3,(H,27,28,29). The van der Waals surface area contributed by atoms with E-state index < -0.39 is 12.5 Å². The Hall–Kier alpha value is -3.46. The fourth-order valence-corrected chi connectivity index (χ4v) is 4.15. The zero-order valence-corrected chi connectivity index (χ0v) is 19.0. The summed E-state index contributed by atoms with van der Waals surface area (Å²) in [7, 11) is 0. The number of anilines is 1. The second-order valence-electron chi connectivity index (χ2n) is 7.73. The number of alkyl halides is 2. The average molecular weight is 473 g/mol. The van der Waals surface area contributed by atoms with Crippen LogP contribution in [0.3, 0.4) is 0 Å². The maximum atomic E-state index is 12.6. The van der Waals surface area contributed by atoms with Crippen molar-refractivity contribution in [3.05, 3.63) is 71.2 Å². The number of hydrogen-bond acceptors (Lipinski definition) is 6. The number of ether oxygens (including phenoxy) is 2. The maximum absolute atomic E-state index is 12.6. The third-order valence-corrected chi connectivity index (χ3v) is 5.79. The first-order valence-corrected chi connectivity index (χ1v) is 11.1. The molecule has 0 bridgehead atoms. The number of amides is 1. The molecule has 0 aliphatic heterocycles. The van der Waals surface area contributed by atoms with Crippen LogP contribution < -0.4 is 14.8 Å². The summed E-state index contributed by atoms with van der Waals surface area (Å²) in [6.45, 7) is 3.48. The van der Waals surface area contributed by atoms with Gasteiger partial charge in [0.25, 0.3) is 5.91 Å². The molecule has 0 saturated carbocycles. The minimum atomic E-state index is -2.91. The number of carbonyl (C=O) groups is 1. The van der Waals surface area contributed by atoms with Crippen LogP contribution in [-0.4, -0.2) is 17.5 Å². The predicted octanol–water partition coefficient (Wildman–Crippen LogP) is 6.75. The summed E-state index contributed by atoms with van der Waals surface area (Å²) in [5.41, 5.74) is 2.75. The van der Waals surface area contributed by atoms with E-state index in [9.17, 15) is 13.6 Å². The summed E-state index contributed by atoms with van der Waals surface area (Å²) in [4.78, 5) is 16.9. The van der Waals surface area contributed by atoms with Gasteiger partial charge < -0.3 is 13.9 Å². The van der Waals surface area contributed by atoms with E-state index in [2.05, 4.69) is 35.0 Å². The molecule has 2 aromatic heterocycles. The highest BCUT2D eigenvalue weighted by molar-refractivity contribution is 7.22. The number of aromatic nitrogens is 1. The molecule has 0 radical (unpaired) electrons.